The largest absolute Gasteiger partial charge is 0.312 e. The van der Waals surface area contributed by atoms with Gasteiger partial charge in [0.25, 0.3) is 0 Å². The third-order valence-corrected chi connectivity index (χ3v) is 5.43. The molecule has 1 aromatic carbocycles. The fourth-order valence-corrected chi connectivity index (χ4v) is 3.71. The molecular formula is C14H20F2N2O2S. The Hall–Kier alpha value is -1.05. The van der Waals surface area contributed by atoms with E-state index in [2.05, 4.69) is 23.9 Å². The Kier molecular flexibility index (Phi) is 4.65. The van der Waals surface area contributed by atoms with E-state index in [1.807, 2.05) is 0 Å². The van der Waals surface area contributed by atoms with Crippen LogP contribution in [0.4, 0.5) is 8.78 Å². The van der Waals surface area contributed by atoms with Crippen molar-refractivity contribution in [3.8, 4) is 0 Å². The van der Waals surface area contributed by atoms with E-state index in [-0.39, 0.29) is 18.0 Å². The maximum atomic E-state index is 13.6. The number of rotatable bonds is 4. The molecule has 1 heterocycles. The van der Waals surface area contributed by atoms with Crippen LogP contribution in [0.5, 0.6) is 0 Å². The van der Waals surface area contributed by atoms with Crippen LogP contribution in [0.1, 0.15) is 26.7 Å². The average Bonchev–Trinajstić information content (AvgIpc) is 2.39. The molecule has 0 radical (unpaired) electrons. The minimum Gasteiger partial charge on any atom is -0.312 e. The van der Waals surface area contributed by atoms with Crippen LogP contribution in [0.25, 0.3) is 0 Å². The van der Waals surface area contributed by atoms with E-state index in [9.17, 15) is 17.2 Å². The normalized spacial score (nSPS) is 22.2. The second-order valence-electron chi connectivity index (χ2n) is 6.03. The topological polar surface area (TPSA) is 58.2 Å². The van der Waals surface area contributed by atoms with Crippen LogP contribution >= 0.6 is 0 Å². The number of sulfonamides is 1. The highest BCUT2D eigenvalue weighted by molar-refractivity contribution is 7.89. The Morgan fingerprint density at radius 3 is 2.76 bits per heavy atom. The molecule has 1 fully saturated rings. The summed E-state index contributed by atoms with van der Waals surface area (Å²) in [5, 5.41) is 3.26. The van der Waals surface area contributed by atoms with Crippen molar-refractivity contribution in [3.05, 3.63) is 29.8 Å². The van der Waals surface area contributed by atoms with Crippen molar-refractivity contribution in [3.63, 3.8) is 0 Å². The molecule has 7 heteroatoms. The number of hydrogen-bond donors (Lipinski definition) is 2. The molecule has 2 N–H and O–H groups in total. The summed E-state index contributed by atoms with van der Waals surface area (Å²) in [6.45, 7) is 5.08. The van der Waals surface area contributed by atoms with Gasteiger partial charge in [0, 0.05) is 12.6 Å². The van der Waals surface area contributed by atoms with Crippen molar-refractivity contribution < 1.29 is 17.2 Å². The second-order valence-corrected chi connectivity index (χ2v) is 7.76. The first-order chi connectivity index (χ1) is 9.72. The highest BCUT2D eigenvalue weighted by Crippen LogP contribution is 2.29. The lowest BCUT2D eigenvalue weighted by molar-refractivity contribution is 0.181. The smallest absolute Gasteiger partial charge is 0.243 e. The first kappa shape index (κ1) is 16.3. The molecule has 118 valence electrons. The molecule has 0 aliphatic carbocycles. The Bertz CT molecular complexity index is 617. The van der Waals surface area contributed by atoms with Gasteiger partial charge in [0.1, 0.15) is 16.5 Å². The van der Waals surface area contributed by atoms with Gasteiger partial charge in [-0.3, -0.25) is 0 Å². The molecular weight excluding hydrogens is 298 g/mol. The lowest BCUT2D eigenvalue weighted by Crippen LogP contribution is -2.52. The molecule has 1 aromatic rings. The SMILES string of the molecule is CC1(C)CCCNC1CNS(=O)(=O)c1cc(F)ccc1F. The number of piperidine rings is 1. The number of nitrogens with one attached hydrogen (secondary N) is 2. The predicted octanol–water partition coefficient (Wildman–Crippen LogP) is 2.02. The lowest BCUT2D eigenvalue weighted by Gasteiger charge is -2.39. The van der Waals surface area contributed by atoms with Gasteiger partial charge in [-0.25, -0.2) is 21.9 Å². The predicted molar refractivity (Wildman–Crippen MR) is 76.4 cm³/mol. The Morgan fingerprint density at radius 2 is 2.10 bits per heavy atom. The Morgan fingerprint density at radius 1 is 1.38 bits per heavy atom. The molecule has 2 rings (SSSR count). The van der Waals surface area contributed by atoms with E-state index in [0.29, 0.717) is 6.07 Å². The summed E-state index contributed by atoms with van der Waals surface area (Å²) >= 11 is 0. The molecule has 1 atom stereocenters. The number of benzene rings is 1. The summed E-state index contributed by atoms with van der Waals surface area (Å²) in [5.74, 6) is -1.74. The maximum Gasteiger partial charge on any atom is 0.243 e. The molecule has 1 aliphatic heterocycles. The third kappa shape index (κ3) is 3.78. The molecule has 0 spiro atoms. The first-order valence-corrected chi connectivity index (χ1v) is 8.39. The summed E-state index contributed by atoms with van der Waals surface area (Å²) in [6, 6.07) is 2.35. The molecule has 4 nitrogen and oxygen atoms in total. The fraction of sp³-hybridized carbons (Fsp3) is 0.571. The van der Waals surface area contributed by atoms with Crippen molar-refractivity contribution >= 4 is 10.0 Å². The van der Waals surface area contributed by atoms with Gasteiger partial charge in [0.05, 0.1) is 0 Å². The maximum absolute atomic E-state index is 13.6. The van der Waals surface area contributed by atoms with Gasteiger partial charge in [-0.15, -0.1) is 0 Å². The lowest BCUT2D eigenvalue weighted by atomic mass is 9.78. The highest BCUT2D eigenvalue weighted by atomic mass is 32.2. The number of hydrogen-bond acceptors (Lipinski definition) is 3. The van der Waals surface area contributed by atoms with Crippen LogP contribution in [0.3, 0.4) is 0 Å². The zero-order chi connectivity index (χ0) is 15.7. The summed E-state index contributed by atoms with van der Waals surface area (Å²) in [4.78, 5) is -0.656. The number of halogens is 2. The molecule has 1 unspecified atom stereocenters. The van der Waals surface area contributed by atoms with Crippen LogP contribution in [0, 0.1) is 17.0 Å². The standard InChI is InChI=1S/C14H20F2N2O2S/c1-14(2)6-3-7-17-13(14)9-18-21(19,20)12-8-10(15)4-5-11(12)16/h4-5,8,13,17-18H,3,6-7,9H2,1-2H3. The first-order valence-electron chi connectivity index (χ1n) is 6.90. The van der Waals surface area contributed by atoms with Crippen LogP contribution in [0.15, 0.2) is 23.1 Å². The average molecular weight is 318 g/mol. The fourth-order valence-electron chi connectivity index (χ4n) is 2.57. The Balaban J connectivity index is 2.13. The van der Waals surface area contributed by atoms with E-state index in [1.54, 1.807) is 0 Å². The van der Waals surface area contributed by atoms with E-state index in [4.69, 9.17) is 0 Å². The Labute approximate surface area is 124 Å². The van der Waals surface area contributed by atoms with E-state index in [1.165, 1.54) is 0 Å². The van der Waals surface area contributed by atoms with Gasteiger partial charge in [-0.2, -0.15) is 0 Å². The summed E-state index contributed by atoms with van der Waals surface area (Å²) < 4.78 is 53.3. The quantitative estimate of drug-likeness (QED) is 0.893. The van der Waals surface area contributed by atoms with Crippen LogP contribution in [-0.2, 0) is 10.0 Å². The summed E-state index contributed by atoms with van der Waals surface area (Å²) in [5.41, 5.74) is -0.0543. The minimum atomic E-state index is -4.07. The molecule has 0 amide bonds. The van der Waals surface area contributed by atoms with E-state index < -0.39 is 26.6 Å². The zero-order valence-corrected chi connectivity index (χ0v) is 12.9. The van der Waals surface area contributed by atoms with Gasteiger partial charge in [-0.05, 0) is 43.0 Å². The zero-order valence-electron chi connectivity index (χ0n) is 12.1. The van der Waals surface area contributed by atoms with Gasteiger partial charge in [-0.1, -0.05) is 13.8 Å². The van der Waals surface area contributed by atoms with Crippen LogP contribution in [-0.4, -0.2) is 27.5 Å². The van der Waals surface area contributed by atoms with Crippen molar-refractivity contribution in [2.24, 2.45) is 5.41 Å². The van der Waals surface area contributed by atoms with Gasteiger partial charge in [0.2, 0.25) is 10.0 Å². The minimum absolute atomic E-state index is 0.0438. The highest BCUT2D eigenvalue weighted by Gasteiger charge is 2.33. The molecule has 1 saturated heterocycles. The molecule has 21 heavy (non-hydrogen) atoms. The van der Waals surface area contributed by atoms with E-state index >= 15 is 0 Å². The van der Waals surface area contributed by atoms with E-state index in [0.717, 1.165) is 31.5 Å². The van der Waals surface area contributed by atoms with Gasteiger partial charge < -0.3 is 5.32 Å². The van der Waals surface area contributed by atoms with Crippen LogP contribution in [0.2, 0.25) is 0 Å². The van der Waals surface area contributed by atoms with Crippen molar-refractivity contribution in [2.45, 2.75) is 37.6 Å². The summed E-state index contributed by atoms with van der Waals surface area (Å²) in [6.07, 6.45) is 2.02. The van der Waals surface area contributed by atoms with Crippen molar-refractivity contribution in [1.82, 2.24) is 10.0 Å². The van der Waals surface area contributed by atoms with Crippen molar-refractivity contribution in [2.75, 3.05) is 13.1 Å². The molecule has 0 bridgehead atoms. The third-order valence-electron chi connectivity index (χ3n) is 3.99. The second kappa shape index (κ2) is 5.98. The van der Waals surface area contributed by atoms with Crippen LogP contribution < -0.4 is 10.0 Å². The monoisotopic (exact) mass is 318 g/mol. The molecule has 0 aromatic heterocycles. The van der Waals surface area contributed by atoms with Crippen molar-refractivity contribution in [1.29, 1.82) is 0 Å². The summed E-state index contributed by atoms with van der Waals surface area (Å²) in [7, 11) is -4.07. The van der Waals surface area contributed by atoms with Gasteiger partial charge >= 0.3 is 0 Å². The molecule has 1 aliphatic rings. The molecule has 0 saturated carbocycles. The van der Waals surface area contributed by atoms with Gasteiger partial charge in [0.15, 0.2) is 0 Å².